The van der Waals surface area contributed by atoms with Gasteiger partial charge in [0.25, 0.3) is 0 Å². The SMILES string of the molecule is C=CC.CC12CCC(O)CC1=CCC1C2CCC2(C)C(c3ccc(F)nc3)=CCC12.CC=N/C=C/C. The van der Waals surface area contributed by atoms with Gasteiger partial charge in [0, 0.05) is 18.6 Å². The topological polar surface area (TPSA) is 45.5 Å². The fourth-order valence-electron chi connectivity index (χ4n) is 7.36. The van der Waals surface area contributed by atoms with Crippen LogP contribution in [0.25, 0.3) is 5.57 Å². The Morgan fingerprint density at radius 2 is 1.78 bits per heavy atom. The molecule has 6 unspecified atom stereocenters. The summed E-state index contributed by atoms with van der Waals surface area (Å²) in [5.74, 6) is 1.72. The van der Waals surface area contributed by atoms with Crippen molar-refractivity contribution in [3.63, 3.8) is 0 Å². The van der Waals surface area contributed by atoms with Crippen molar-refractivity contribution in [1.29, 1.82) is 0 Å². The van der Waals surface area contributed by atoms with Crippen LogP contribution in [-0.2, 0) is 0 Å². The van der Waals surface area contributed by atoms with Gasteiger partial charge in [-0.05, 0) is 118 Å². The monoisotopic (exact) mass is 492 g/mol. The zero-order chi connectivity index (χ0) is 26.3. The second-order valence-corrected chi connectivity index (χ2v) is 11.1. The molecule has 1 aromatic rings. The molecular formula is C32H45FN2O. The molecule has 1 aromatic heterocycles. The molecule has 3 nitrogen and oxygen atoms in total. The summed E-state index contributed by atoms with van der Waals surface area (Å²) >= 11 is 0. The predicted octanol–water partition coefficient (Wildman–Crippen LogP) is 8.34. The van der Waals surface area contributed by atoms with Gasteiger partial charge in [-0.2, -0.15) is 4.39 Å². The van der Waals surface area contributed by atoms with Gasteiger partial charge >= 0.3 is 0 Å². The molecule has 5 rings (SSSR count). The molecule has 0 saturated heterocycles. The average molecular weight is 493 g/mol. The van der Waals surface area contributed by atoms with Gasteiger partial charge in [0.15, 0.2) is 0 Å². The molecule has 0 aromatic carbocycles. The maximum absolute atomic E-state index is 13.3. The van der Waals surface area contributed by atoms with E-state index in [4.69, 9.17) is 0 Å². The smallest absolute Gasteiger partial charge is 0.212 e. The van der Waals surface area contributed by atoms with Gasteiger partial charge in [-0.25, -0.2) is 4.98 Å². The lowest BCUT2D eigenvalue weighted by Crippen LogP contribution is -2.49. The van der Waals surface area contributed by atoms with Gasteiger partial charge in [0.1, 0.15) is 0 Å². The second kappa shape index (κ2) is 12.3. The van der Waals surface area contributed by atoms with Crippen molar-refractivity contribution >= 4 is 11.8 Å². The summed E-state index contributed by atoms with van der Waals surface area (Å²) in [5.41, 5.74) is 4.47. The Morgan fingerprint density at radius 1 is 1.06 bits per heavy atom. The highest BCUT2D eigenvalue weighted by molar-refractivity contribution is 5.72. The Balaban J connectivity index is 0.000000349. The van der Waals surface area contributed by atoms with Crippen molar-refractivity contribution in [2.45, 2.75) is 85.7 Å². The summed E-state index contributed by atoms with van der Waals surface area (Å²) in [5, 5.41) is 10.1. The highest BCUT2D eigenvalue weighted by Crippen LogP contribution is 2.66. The van der Waals surface area contributed by atoms with Crippen molar-refractivity contribution in [3.8, 4) is 0 Å². The van der Waals surface area contributed by atoms with E-state index in [-0.39, 0.29) is 16.9 Å². The third-order valence-corrected chi connectivity index (χ3v) is 9.08. The molecule has 1 heterocycles. The third-order valence-electron chi connectivity index (χ3n) is 9.08. The quantitative estimate of drug-likeness (QED) is 0.256. The van der Waals surface area contributed by atoms with Crippen LogP contribution in [0.15, 0.2) is 66.0 Å². The van der Waals surface area contributed by atoms with E-state index < -0.39 is 5.95 Å². The number of aliphatic hydroxyl groups excluding tert-OH is 1. The van der Waals surface area contributed by atoms with E-state index in [1.807, 2.05) is 32.9 Å². The molecule has 36 heavy (non-hydrogen) atoms. The van der Waals surface area contributed by atoms with Gasteiger partial charge in [-0.15, -0.1) is 6.58 Å². The number of aromatic nitrogens is 1. The first-order chi connectivity index (χ1) is 17.2. The molecule has 0 spiro atoms. The molecule has 0 radical (unpaired) electrons. The van der Waals surface area contributed by atoms with Crippen LogP contribution in [0.5, 0.6) is 0 Å². The van der Waals surface area contributed by atoms with Crippen molar-refractivity contribution in [3.05, 3.63) is 72.5 Å². The molecule has 4 aliphatic rings. The number of nitrogens with zero attached hydrogens (tertiary/aromatic N) is 2. The molecule has 4 heteroatoms. The normalized spacial score (nSPS) is 34.8. The molecule has 0 bridgehead atoms. The number of rotatable bonds is 2. The van der Waals surface area contributed by atoms with Crippen molar-refractivity contribution in [1.82, 2.24) is 4.98 Å². The predicted molar refractivity (Wildman–Crippen MR) is 150 cm³/mol. The first kappa shape index (κ1) is 28.2. The Morgan fingerprint density at radius 3 is 2.39 bits per heavy atom. The average Bonchev–Trinajstić information content (AvgIpc) is 3.22. The van der Waals surface area contributed by atoms with Gasteiger partial charge in [0.2, 0.25) is 5.95 Å². The minimum atomic E-state index is -0.403. The van der Waals surface area contributed by atoms with Gasteiger partial charge in [0.05, 0.1) is 6.10 Å². The highest BCUT2D eigenvalue weighted by Gasteiger charge is 2.56. The van der Waals surface area contributed by atoms with E-state index in [2.05, 4.69) is 42.6 Å². The minimum Gasteiger partial charge on any atom is -0.393 e. The Bertz CT molecular complexity index is 997. The van der Waals surface area contributed by atoms with E-state index in [1.165, 1.54) is 30.1 Å². The first-order valence-corrected chi connectivity index (χ1v) is 13.6. The standard InChI is InChI=1S/C24H30FNO.C5H9N.C3H6/c1-23-11-9-17(27)13-16(23)4-5-18-20-7-6-19(15-3-8-22(25)26-14-15)24(20,2)12-10-21(18)23;1-3-5-6-4-2;1-3-2/h3-4,6,8,14,17-18,20-21,27H,5,7,9-13H2,1-2H3;3-5H,1-2H3;3H,1H2,2H3/b;5-3+,6-4?;. The van der Waals surface area contributed by atoms with Crippen LogP contribution >= 0.6 is 0 Å². The summed E-state index contributed by atoms with van der Waals surface area (Å²) in [6.07, 6.45) is 21.3. The second-order valence-electron chi connectivity index (χ2n) is 11.1. The number of halogens is 1. The van der Waals surface area contributed by atoms with E-state index in [0.29, 0.717) is 5.92 Å². The highest BCUT2D eigenvalue weighted by atomic mass is 19.1. The third kappa shape index (κ3) is 5.64. The summed E-state index contributed by atoms with van der Waals surface area (Å²) < 4.78 is 13.3. The number of hydrogen-bond donors (Lipinski definition) is 1. The van der Waals surface area contributed by atoms with Crippen LogP contribution in [0.1, 0.15) is 85.1 Å². The summed E-state index contributed by atoms with van der Waals surface area (Å²) in [6, 6.07) is 3.39. The number of pyridine rings is 1. The maximum Gasteiger partial charge on any atom is 0.212 e. The van der Waals surface area contributed by atoms with Crippen LogP contribution in [0, 0.1) is 34.5 Å². The number of aliphatic imine (C=N–C) groups is 1. The molecule has 196 valence electrons. The van der Waals surface area contributed by atoms with Gasteiger partial charge < -0.3 is 5.11 Å². The van der Waals surface area contributed by atoms with Crippen LogP contribution in [0.3, 0.4) is 0 Å². The molecular weight excluding hydrogens is 447 g/mol. The van der Waals surface area contributed by atoms with Crippen LogP contribution in [0.2, 0.25) is 0 Å². The molecule has 2 saturated carbocycles. The largest absolute Gasteiger partial charge is 0.393 e. The Hall–Kier alpha value is -2.33. The Kier molecular flexibility index (Phi) is 9.63. The zero-order valence-electron chi connectivity index (χ0n) is 22.9. The lowest BCUT2D eigenvalue weighted by molar-refractivity contribution is -0.0238. The number of hydrogen-bond acceptors (Lipinski definition) is 3. The van der Waals surface area contributed by atoms with Gasteiger partial charge in [-0.1, -0.05) is 43.7 Å². The molecule has 0 aliphatic heterocycles. The lowest BCUT2D eigenvalue weighted by atomic mass is 9.47. The van der Waals surface area contributed by atoms with Crippen molar-refractivity contribution in [2.75, 3.05) is 0 Å². The van der Waals surface area contributed by atoms with Crippen LogP contribution in [-0.4, -0.2) is 22.4 Å². The zero-order valence-corrected chi connectivity index (χ0v) is 22.9. The summed E-state index contributed by atoms with van der Waals surface area (Å²) in [7, 11) is 0. The van der Waals surface area contributed by atoms with Crippen molar-refractivity contribution < 1.29 is 9.50 Å². The van der Waals surface area contributed by atoms with Crippen molar-refractivity contribution in [2.24, 2.45) is 33.6 Å². The van der Waals surface area contributed by atoms with Gasteiger partial charge in [-0.3, -0.25) is 4.99 Å². The fraction of sp³-hybridized carbons (Fsp3) is 0.562. The van der Waals surface area contributed by atoms with Crippen LogP contribution in [0.4, 0.5) is 4.39 Å². The van der Waals surface area contributed by atoms with E-state index >= 15 is 0 Å². The van der Waals surface area contributed by atoms with E-state index in [1.54, 1.807) is 24.7 Å². The fourth-order valence-corrected chi connectivity index (χ4v) is 7.36. The molecule has 0 amide bonds. The Labute approximate surface area is 218 Å². The first-order valence-electron chi connectivity index (χ1n) is 13.6. The van der Waals surface area contributed by atoms with Crippen LogP contribution < -0.4 is 0 Å². The maximum atomic E-state index is 13.3. The molecule has 4 aliphatic carbocycles. The summed E-state index contributed by atoms with van der Waals surface area (Å²) in [4.78, 5) is 7.69. The number of allylic oxidation sites excluding steroid dienone is 5. The molecule has 6 atom stereocenters. The molecule has 1 N–H and O–H groups in total. The van der Waals surface area contributed by atoms with E-state index in [0.717, 1.165) is 49.5 Å². The number of fused-ring (bicyclic) bond motifs is 5. The van der Waals surface area contributed by atoms with E-state index in [9.17, 15) is 9.50 Å². The summed E-state index contributed by atoms with van der Waals surface area (Å²) in [6.45, 7) is 14.0. The number of aliphatic hydroxyl groups is 1. The molecule has 2 fully saturated rings. The minimum absolute atomic E-state index is 0.138. The lowest BCUT2D eigenvalue weighted by Gasteiger charge is -2.57.